The van der Waals surface area contributed by atoms with Crippen molar-refractivity contribution in [2.24, 2.45) is 0 Å². The van der Waals surface area contributed by atoms with E-state index >= 15 is 0 Å². The molecular weight excluding hydrogens is 220 g/mol. The first kappa shape index (κ1) is 14.1. The predicted molar refractivity (Wildman–Crippen MR) is 67.8 cm³/mol. The van der Waals surface area contributed by atoms with Crippen LogP contribution in [0.1, 0.15) is 41.5 Å². The molecule has 1 heterocycles. The lowest BCUT2D eigenvalue weighted by Crippen LogP contribution is -2.87. The molecule has 0 bridgehead atoms. The zero-order valence-corrected chi connectivity index (χ0v) is 12.9. The zero-order chi connectivity index (χ0) is 12.8. The fourth-order valence-electron chi connectivity index (χ4n) is 2.18. The Morgan fingerprint density at radius 1 is 0.812 bits per heavy atom. The second-order valence-corrected chi connectivity index (χ2v) is 9.29. The summed E-state index contributed by atoms with van der Waals surface area (Å²) in [6.07, 6.45) is 0. The molecular formula is C11H26N2O2Si. The molecule has 0 amide bonds. The number of hydrogen-bond acceptors (Lipinski definition) is 4. The minimum Gasteiger partial charge on any atom is -0.374 e. The molecule has 1 saturated heterocycles. The maximum Gasteiger partial charge on any atom is 0.524 e. The van der Waals surface area contributed by atoms with Gasteiger partial charge in [-0.3, -0.25) is 0 Å². The van der Waals surface area contributed by atoms with Crippen LogP contribution in [-0.2, 0) is 8.85 Å². The minimum atomic E-state index is -2.35. The SMILES string of the molecule is CO[Si]1(OC)N(C(C)(C)C)CN1C(C)(C)C. The summed E-state index contributed by atoms with van der Waals surface area (Å²) in [6.45, 7) is 14.1. The lowest BCUT2D eigenvalue weighted by atomic mass is 10.1. The molecule has 0 N–H and O–H groups in total. The van der Waals surface area contributed by atoms with Gasteiger partial charge in [-0.15, -0.1) is 0 Å². The van der Waals surface area contributed by atoms with Crippen molar-refractivity contribution in [1.29, 1.82) is 0 Å². The van der Waals surface area contributed by atoms with Crippen molar-refractivity contribution in [3.63, 3.8) is 0 Å². The van der Waals surface area contributed by atoms with E-state index in [9.17, 15) is 0 Å². The smallest absolute Gasteiger partial charge is 0.374 e. The lowest BCUT2D eigenvalue weighted by Gasteiger charge is -2.63. The van der Waals surface area contributed by atoms with Crippen LogP contribution in [0.2, 0.25) is 0 Å². The molecule has 1 aliphatic heterocycles. The molecule has 0 aromatic rings. The van der Waals surface area contributed by atoms with E-state index in [0.29, 0.717) is 0 Å². The van der Waals surface area contributed by atoms with E-state index in [4.69, 9.17) is 8.85 Å². The predicted octanol–water partition coefficient (Wildman–Crippen LogP) is 1.89. The van der Waals surface area contributed by atoms with Gasteiger partial charge >= 0.3 is 8.88 Å². The average Bonchev–Trinajstić information content (AvgIpc) is 1.99. The summed E-state index contributed by atoms with van der Waals surface area (Å²) in [6, 6.07) is 0. The third-order valence-electron chi connectivity index (χ3n) is 3.12. The molecule has 0 aliphatic carbocycles. The van der Waals surface area contributed by atoms with Crippen LogP contribution in [0.15, 0.2) is 0 Å². The lowest BCUT2D eigenvalue weighted by molar-refractivity contribution is -0.0728. The molecule has 0 unspecified atom stereocenters. The summed E-state index contributed by atoms with van der Waals surface area (Å²) >= 11 is 0. The van der Waals surface area contributed by atoms with Crippen molar-refractivity contribution in [2.75, 3.05) is 20.9 Å². The van der Waals surface area contributed by atoms with Gasteiger partial charge in [-0.05, 0) is 41.5 Å². The summed E-state index contributed by atoms with van der Waals surface area (Å²) < 4.78 is 16.2. The van der Waals surface area contributed by atoms with Crippen LogP contribution >= 0.6 is 0 Å². The fourth-order valence-corrected chi connectivity index (χ4v) is 5.63. The Morgan fingerprint density at radius 2 is 1.12 bits per heavy atom. The summed E-state index contributed by atoms with van der Waals surface area (Å²) in [7, 11) is 1.16. The summed E-state index contributed by atoms with van der Waals surface area (Å²) in [4.78, 5) is 0. The van der Waals surface area contributed by atoms with E-state index in [1.54, 1.807) is 14.2 Å². The molecule has 1 aliphatic rings. The molecule has 1 fully saturated rings. The van der Waals surface area contributed by atoms with Gasteiger partial charge < -0.3 is 8.85 Å². The van der Waals surface area contributed by atoms with Crippen LogP contribution < -0.4 is 0 Å². The molecule has 0 saturated carbocycles. The Balaban J connectivity index is 2.99. The maximum absolute atomic E-state index is 5.77. The van der Waals surface area contributed by atoms with Gasteiger partial charge in [0.2, 0.25) is 0 Å². The van der Waals surface area contributed by atoms with E-state index in [-0.39, 0.29) is 11.1 Å². The van der Waals surface area contributed by atoms with Crippen molar-refractivity contribution in [2.45, 2.75) is 52.6 Å². The Kier molecular flexibility index (Phi) is 3.59. The Labute approximate surface area is 101 Å². The summed E-state index contributed by atoms with van der Waals surface area (Å²) in [5.74, 6) is 0. The topological polar surface area (TPSA) is 24.9 Å². The largest absolute Gasteiger partial charge is 0.524 e. The molecule has 0 spiro atoms. The van der Waals surface area contributed by atoms with Crippen molar-refractivity contribution in [3.8, 4) is 0 Å². The van der Waals surface area contributed by atoms with Crippen LogP contribution in [0, 0.1) is 0 Å². The van der Waals surface area contributed by atoms with Gasteiger partial charge in [-0.25, -0.2) is 9.13 Å². The van der Waals surface area contributed by atoms with E-state index in [1.165, 1.54) is 0 Å². The molecule has 0 aromatic heterocycles. The Bertz CT molecular complexity index is 232. The summed E-state index contributed by atoms with van der Waals surface area (Å²) in [5, 5.41) is 0. The molecule has 0 aromatic carbocycles. The number of hydrogen-bond donors (Lipinski definition) is 0. The zero-order valence-electron chi connectivity index (χ0n) is 11.9. The third kappa shape index (κ3) is 2.07. The minimum absolute atomic E-state index is 0.0833. The third-order valence-corrected chi connectivity index (χ3v) is 7.17. The first-order valence-corrected chi connectivity index (χ1v) is 7.46. The van der Waals surface area contributed by atoms with E-state index in [2.05, 4.69) is 50.7 Å². The first-order valence-electron chi connectivity index (χ1n) is 5.75. The van der Waals surface area contributed by atoms with Crippen molar-refractivity contribution < 1.29 is 8.85 Å². The van der Waals surface area contributed by atoms with Crippen LogP contribution in [0.25, 0.3) is 0 Å². The normalized spacial score (nSPS) is 23.2. The summed E-state index contributed by atoms with van der Waals surface area (Å²) in [5.41, 5.74) is 0.167. The van der Waals surface area contributed by atoms with Crippen LogP contribution in [-0.4, -0.2) is 50.0 Å². The standard InChI is InChI=1S/C11H26N2O2Si/c1-10(2,3)12-9-13(11(4,5)6)16(12,14-7)15-8/h9H2,1-8H3. The molecule has 16 heavy (non-hydrogen) atoms. The van der Waals surface area contributed by atoms with Gasteiger partial charge in [0.1, 0.15) is 0 Å². The fraction of sp³-hybridized carbons (Fsp3) is 1.00. The van der Waals surface area contributed by atoms with E-state index in [1.807, 2.05) is 0 Å². The van der Waals surface area contributed by atoms with Gasteiger partial charge in [-0.2, -0.15) is 0 Å². The highest BCUT2D eigenvalue weighted by atomic mass is 28.4. The molecule has 4 nitrogen and oxygen atoms in total. The molecule has 0 atom stereocenters. The Morgan fingerprint density at radius 3 is 1.31 bits per heavy atom. The van der Waals surface area contributed by atoms with Crippen LogP contribution in [0.5, 0.6) is 0 Å². The highest BCUT2D eigenvalue weighted by Crippen LogP contribution is 2.39. The second kappa shape index (κ2) is 4.06. The highest BCUT2D eigenvalue weighted by Gasteiger charge is 2.65. The van der Waals surface area contributed by atoms with E-state index in [0.717, 1.165) is 6.67 Å². The van der Waals surface area contributed by atoms with E-state index < -0.39 is 8.88 Å². The quantitative estimate of drug-likeness (QED) is 0.695. The molecule has 5 heteroatoms. The van der Waals surface area contributed by atoms with Gasteiger partial charge in [0, 0.05) is 32.0 Å². The first-order chi connectivity index (χ1) is 7.09. The number of rotatable bonds is 2. The van der Waals surface area contributed by atoms with Crippen molar-refractivity contribution >= 4 is 8.88 Å². The van der Waals surface area contributed by atoms with Crippen LogP contribution in [0.4, 0.5) is 0 Å². The van der Waals surface area contributed by atoms with Crippen molar-refractivity contribution in [1.82, 2.24) is 9.13 Å². The molecule has 1 rings (SSSR count). The Hall–Kier alpha value is 0.0569. The second-order valence-electron chi connectivity index (χ2n) is 6.30. The van der Waals surface area contributed by atoms with Gasteiger partial charge in [0.05, 0.1) is 0 Å². The average molecular weight is 246 g/mol. The monoisotopic (exact) mass is 246 g/mol. The van der Waals surface area contributed by atoms with Gasteiger partial charge in [0.15, 0.2) is 0 Å². The van der Waals surface area contributed by atoms with Gasteiger partial charge in [-0.1, -0.05) is 0 Å². The highest BCUT2D eigenvalue weighted by molar-refractivity contribution is 6.64. The maximum atomic E-state index is 5.77. The van der Waals surface area contributed by atoms with Gasteiger partial charge in [0.25, 0.3) is 0 Å². The van der Waals surface area contributed by atoms with Crippen molar-refractivity contribution in [3.05, 3.63) is 0 Å². The molecule has 96 valence electrons. The van der Waals surface area contributed by atoms with Crippen LogP contribution in [0.3, 0.4) is 0 Å². The molecule has 0 radical (unpaired) electrons. The number of nitrogens with zero attached hydrogens (tertiary/aromatic N) is 2.